The first-order valence-electron chi connectivity index (χ1n) is 9.54. The molecule has 2 fully saturated rings. The summed E-state index contributed by atoms with van der Waals surface area (Å²) >= 11 is 9.21. The lowest BCUT2D eigenvalue weighted by molar-refractivity contribution is -0.126. The Kier molecular flexibility index (Phi) is 6.22. The fourth-order valence-corrected chi connectivity index (χ4v) is 5.27. The summed E-state index contributed by atoms with van der Waals surface area (Å²) < 4.78 is 0. The largest absolute Gasteiger partial charge is 0.291 e. The number of halogens is 1. The number of amidine groups is 1. The molecule has 4 rings (SSSR count). The molecular formula is C20H21ClN4O2S2. The first-order chi connectivity index (χ1) is 14.0. The summed E-state index contributed by atoms with van der Waals surface area (Å²) in [5, 5.41) is 3.92. The summed E-state index contributed by atoms with van der Waals surface area (Å²) in [5.41, 5.74) is 2.44. The molecule has 0 radical (unpaired) electrons. The van der Waals surface area contributed by atoms with E-state index in [1.807, 2.05) is 30.5 Å². The number of anilines is 1. The first-order valence-corrected chi connectivity index (χ1v) is 11.8. The van der Waals surface area contributed by atoms with E-state index in [0.717, 1.165) is 29.8 Å². The summed E-state index contributed by atoms with van der Waals surface area (Å²) in [6.07, 6.45) is 2.56. The molecule has 0 atom stereocenters. The second-order valence-electron chi connectivity index (χ2n) is 7.02. The molecule has 6 nitrogen and oxygen atoms in total. The third kappa shape index (κ3) is 4.65. The number of thiazole rings is 1. The highest BCUT2D eigenvalue weighted by Crippen LogP contribution is 2.28. The Morgan fingerprint density at radius 1 is 1.31 bits per heavy atom. The Morgan fingerprint density at radius 2 is 2.17 bits per heavy atom. The molecular weight excluding hydrogens is 428 g/mol. The molecule has 1 aromatic carbocycles. The van der Waals surface area contributed by atoms with Crippen LogP contribution in [0.15, 0.2) is 28.6 Å². The van der Waals surface area contributed by atoms with Gasteiger partial charge in [-0.1, -0.05) is 29.4 Å². The van der Waals surface area contributed by atoms with Crippen molar-refractivity contribution in [3.05, 3.63) is 39.9 Å². The normalized spacial score (nSPS) is 18.7. The second kappa shape index (κ2) is 8.85. The molecule has 9 heteroatoms. The van der Waals surface area contributed by atoms with E-state index in [-0.39, 0.29) is 18.2 Å². The zero-order valence-corrected chi connectivity index (χ0v) is 18.4. The van der Waals surface area contributed by atoms with Crippen molar-refractivity contribution in [2.24, 2.45) is 4.99 Å². The van der Waals surface area contributed by atoms with Gasteiger partial charge in [-0.15, -0.1) is 11.3 Å². The molecule has 2 amide bonds. The molecule has 0 N–H and O–H groups in total. The third-order valence-corrected chi connectivity index (χ3v) is 7.23. The van der Waals surface area contributed by atoms with Crippen molar-refractivity contribution in [1.29, 1.82) is 0 Å². The fourth-order valence-electron chi connectivity index (χ4n) is 3.25. The van der Waals surface area contributed by atoms with E-state index < -0.39 is 0 Å². The van der Waals surface area contributed by atoms with Crippen LogP contribution in [-0.4, -0.2) is 45.7 Å². The maximum atomic E-state index is 13.0. The van der Waals surface area contributed by atoms with E-state index in [2.05, 4.69) is 9.98 Å². The zero-order valence-electron chi connectivity index (χ0n) is 16.1. The van der Waals surface area contributed by atoms with Gasteiger partial charge in [-0.3, -0.25) is 19.4 Å². The summed E-state index contributed by atoms with van der Waals surface area (Å²) in [6.45, 7) is 3.30. The molecule has 2 saturated heterocycles. The van der Waals surface area contributed by atoms with Gasteiger partial charge in [0.25, 0.3) is 0 Å². The number of hydrogen-bond donors (Lipinski definition) is 0. The van der Waals surface area contributed by atoms with Crippen LogP contribution in [0.1, 0.15) is 30.5 Å². The minimum atomic E-state index is -0.0289. The van der Waals surface area contributed by atoms with Crippen LogP contribution < -0.4 is 4.90 Å². The molecule has 1 aromatic heterocycles. The van der Waals surface area contributed by atoms with Gasteiger partial charge in [-0.25, -0.2) is 9.98 Å². The average molecular weight is 449 g/mol. The Morgan fingerprint density at radius 3 is 2.93 bits per heavy atom. The van der Waals surface area contributed by atoms with Gasteiger partial charge in [0, 0.05) is 35.7 Å². The quantitative estimate of drug-likeness (QED) is 0.694. The van der Waals surface area contributed by atoms with E-state index in [0.29, 0.717) is 40.5 Å². The van der Waals surface area contributed by atoms with Gasteiger partial charge in [0.05, 0.1) is 17.8 Å². The molecule has 0 aliphatic carbocycles. The molecule has 152 valence electrons. The SMILES string of the molecule is Cc1ccc(N=C2SCCCN2C(=O)Cc2csc(N3CCCC3=O)n2)cc1Cl. The number of aryl methyl sites for hydroxylation is 1. The topological polar surface area (TPSA) is 65.9 Å². The molecule has 0 spiro atoms. The Hall–Kier alpha value is -1.90. The van der Waals surface area contributed by atoms with E-state index in [1.165, 1.54) is 11.3 Å². The monoisotopic (exact) mass is 448 g/mol. The number of amides is 2. The maximum absolute atomic E-state index is 13.0. The highest BCUT2D eigenvalue weighted by Gasteiger charge is 2.27. The van der Waals surface area contributed by atoms with Crippen LogP contribution in [0.3, 0.4) is 0 Å². The molecule has 0 unspecified atom stereocenters. The lowest BCUT2D eigenvalue weighted by Crippen LogP contribution is -2.40. The molecule has 3 heterocycles. The van der Waals surface area contributed by atoms with Crippen molar-refractivity contribution < 1.29 is 9.59 Å². The van der Waals surface area contributed by atoms with Gasteiger partial charge < -0.3 is 0 Å². The molecule has 29 heavy (non-hydrogen) atoms. The molecule has 0 saturated carbocycles. The number of carbonyl (C=O) groups excluding carboxylic acids is 2. The van der Waals surface area contributed by atoms with Crippen molar-refractivity contribution >= 4 is 62.5 Å². The van der Waals surface area contributed by atoms with Crippen LogP contribution in [0.5, 0.6) is 0 Å². The van der Waals surface area contributed by atoms with Crippen LogP contribution in [0.2, 0.25) is 5.02 Å². The number of rotatable bonds is 4. The predicted octanol–water partition coefficient (Wildman–Crippen LogP) is 4.43. The Labute approximate surface area is 183 Å². The molecule has 0 bridgehead atoms. The van der Waals surface area contributed by atoms with Gasteiger partial charge in [-0.2, -0.15) is 0 Å². The highest BCUT2D eigenvalue weighted by atomic mass is 35.5. The number of aromatic nitrogens is 1. The lowest BCUT2D eigenvalue weighted by atomic mass is 10.2. The van der Waals surface area contributed by atoms with E-state index in [1.54, 1.807) is 21.6 Å². The first kappa shape index (κ1) is 20.4. The second-order valence-corrected chi connectivity index (χ2v) is 9.33. The third-order valence-electron chi connectivity index (χ3n) is 4.85. The van der Waals surface area contributed by atoms with Crippen LogP contribution >= 0.6 is 34.7 Å². The minimum absolute atomic E-state index is 0.0289. The van der Waals surface area contributed by atoms with Crippen LogP contribution in [0, 0.1) is 6.92 Å². The number of carbonyl (C=O) groups is 2. The summed E-state index contributed by atoms with van der Waals surface area (Å²) in [7, 11) is 0. The number of benzene rings is 1. The smallest absolute Gasteiger partial charge is 0.234 e. The van der Waals surface area contributed by atoms with Crippen LogP contribution in [-0.2, 0) is 16.0 Å². The predicted molar refractivity (Wildman–Crippen MR) is 119 cm³/mol. The maximum Gasteiger partial charge on any atom is 0.234 e. The van der Waals surface area contributed by atoms with Crippen molar-refractivity contribution in [3.63, 3.8) is 0 Å². The van der Waals surface area contributed by atoms with Crippen LogP contribution in [0.25, 0.3) is 0 Å². The minimum Gasteiger partial charge on any atom is -0.291 e. The molecule has 2 aliphatic rings. The van der Waals surface area contributed by atoms with Crippen molar-refractivity contribution in [2.75, 3.05) is 23.7 Å². The van der Waals surface area contributed by atoms with E-state index in [4.69, 9.17) is 11.6 Å². The summed E-state index contributed by atoms with van der Waals surface area (Å²) in [5.74, 6) is 1.01. The van der Waals surface area contributed by atoms with Crippen molar-refractivity contribution in [3.8, 4) is 0 Å². The summed E-state index contributed by atoms with van der Waals surface area (Å²) in [6, 6.07) is 5.66. The van der Waals surface area contributed by atoms with Crippen molar-refractivity contribution in [1.82, 2.24) is 9.88 Å². The van der Waals surface area contributed by atoms with Gasteiger partial charge in [0.2, 0.25) is 11.8 Å². The van der Waals surface area contributed by atoms with E-state index in [9.17, 15) is 9.59 Å². The zero-order chi connectivity index (χ0) is 20.4. The number of thioether (sulfide) groups is 1. The Bertz CT molecular complexity index is 975. The number of hydrogen-bond acceptors (Lipinski definition) is 6. The van der Waals surface area contributed by atoms with Crippen molar-refractivity contribution in [2.45, 2.75) is 32.6 Å². The number of nitrogens with zero attached hydrogens (tertiary/aromatic N) is 4. The summed E-state index contributed by atoms with van der Waals surface area (Å²) in [4.78, 5) is 37.5. The van der Waals surface area contributed by atoms with Gasteiger partial charge >= 0.3 is 0 Å². The van der Waals surface area contributed by atoms with E-state index >= 15 is 0 Å². The fraction of sp³-hybridized carbons (Fsp3) is 0.400. The van der Waals surface area contributed by atoms with Gasteiger partial charge in [-0.05, 0) is 37.5 Å². The molecule has 2 aromatic rings. The number of aliphatic imine (C=N–C) groups is 1. The van der Waals surface area contributed by atoms with Crippen LogP contribution in [0.4, 0.5) is 10.8 Å². The van der Waals surface area contributed by atoms with Gasteiger partial charge in [0.1, 0.15) is 0 Å². The lowest BCUT2D eigenvalue weighted by Gasteiger charge is -2.27. The van der Waals surface area contributed by atoms with Gasteiger partial charge in [0.15, 0.2) is 10.3 Å². The standard InChI is InChI=1S/C20H21ClN4O2S2/c1-13-5-6-14(10-16(13)21)22-19-25(8-3-9-28-19)18(27)11-15-12-29-20(23-15)24-7-2-4-17(24)26/h5-6,10,12H,2-4,7-9,11H2,1H3. The average Bonchev–Trinajstić information content (AvgIpc) is 3.33. The Balaban J connectivity index is 1.49. The highest BCUT2D eigenvalue weighted by molar-refractivity contribution is 8.13. The molecule has 2 aliphatic heterocycles.